The van der Waals surface area contributed by atoms with Crippen LogP contribution in [0.4, 0.5) is 0 Å². The zero-order valence-electron chi connectivity index (χ0n) is 9.80. The average Bonchev–Trinajstić information content (AvgIpc) is 2.42. The van der Waals surface area contributed by atoms with E-state index in [1.54, 1.807) is 12.1 Å². The summed E-state index contributed by atoms with van der Waals surface area (Å²) in [5.41, 5.74) is 1.55. The second kappa shape index (κ2) is 6.22. The van der Waals surface area contributed by atoms with Crippen molar-refractivity contribution < 1.29 is 9.53 Å². The lowest BCUT2D eigenvalue weighted by Crippen LogP contribution is -2.08. The van der Waals surface area contributed by atoms with Crippen LogP contribution in [0, 0.1) is 0 Å². The molecule has 0 aliphatic rings. The Hall–Kier alpha value is -1.80. The average molecular weight is 261 g/mol. The van der Waals surface area contributed by atoms with E-state index in [1.165, 1.54) is 0 Å². The summed E-state index contributed by atoms with van der Waals surface area (Å²) in [4.78, 5) is 11.7. The Morgan fingerprint density at radius 3 is 2.39 bits per heavy atom. The lowest BCUT2D eigenvalue weighted by Gasteiger charge is -2.06. The second-order valence-electron chi connectivity index (χ2n) is 3.84. The van der Waals surface area contributed by atoms with E-state index < -0.39 is 0 Å². The van der Waals surface area contributed by atoms with Crippen molar-refractivity contribution >= 4 is 17.6 Å². The number of ether oxygens (including phenoxy) is 1. The molecule has 0 fully saturated rings. The molecule has 2 aromatic carbocycles. The molecule has 0 amide bonds. The van der Waals surface area contributed by atoms with Crippen LogP contribution >= 0.6 is 11.6 Å². The number of esters is 1. The third kappa shape index (κ3) is 3.34. The van der Waals surface area contributed by atoms with E-state index in [9.17, 15) is 4.79 Å². The number of hydrogen-bond donors (Lipinski definition) is 0. The minimum atomic E-state index is -0.303. The molecular formula is C15H13ClO2. The lowest BCUT2D eigenvalue weighted by atomic mass is 10.1. The summed E-state index contributed by atoms with van der Waals surface area (Å²) in [6, 6.07) is 16.5. The van der Waals surface area contributed by atoms with Gasteiger partial charge >= 0.3 is 5.97 Å². The summed E-state index contributed by atoms with van der Waals surface area (Å²) in [5.74, 6) is -0.303. The lowest BCUT2D eigenvalue weighted by molar-refractivity contribution is 0.0509. The fourth-order valence-corrected chi connectivity index (χ4v) is 1.84. The molecule has 0 atom stereocenters. The highest BCUT2D eigenvalue weighted by molar-refractivity contribution is 6.31. The molecule has 2 rings (SSSR count). The Balaban J connectivity index is 1.86. The van der Waals surface area contributed by atoms with Gasteiger partial charge < -0.3 is 4.74 Å². The molecule has 0 radical (unpaired) electrons. The molecular weight excluding hydrogens is 248 g/mol. The maximum absolute atomic E-state index is 11.7. The maximum Gasteiger partial charge on any atom is 0.338 e. The zero-order valence-corrected chi connectivity index (χ0v) is 10.6. The minimum Gasteiger partial charge on any atom is -0.462 e. The normalized spacial score (nSPS) is 10.1. The fraction of sp³-hybridized carbons (Fsp3) is 0.133. The van der Waals surface area contributed by atoms with E-state index in [0.29, 0.717) is 23.6 Å². The summed E-state index contributed by atoms with van der Waals surface area (Å²) >= 11 is 6.02. The first-order valence-electron chi connectivity index (χ1n) is 5.73. The molecule has 0 spiro atoms. The standard InChI is InChI=1S/C15H13ClO2/c16-14-9-5-4-6-12(14)10-11-18-15(17)13-7-2-1-3-8-13/h1-9H,10-11H2. The summed E-state index contributed by atoms with van der Waals surface area (Å²) in [5, 5.41) is 0.702. The van der Waals surface area contributed by atoms with Crippen LogP contribution in [0.25, 0.3) is 0 Å². The number of carbonyl (C=O) groups excluding carboxylic acids is 1. The van der Waals surface area contributed by atoms with E-state index >= 15 is 0 Å². The van der Waals surface area contributed by atoms with Crippen LogP contribution in [0.15, 0.2) is 54.6 Å². The smallest absolute Gasteiger partial charge is 0.338 e. The van der Waals surface area contributed by atoms with Crippen molar-refractivity contribution in [3.05, 3.63) is 70.7 Å². The molecule has 18 heavy (non-hydrogen) atoms. The Morgan fingerprint density at radius 2 is 1.67 bits per heavy atom. The Bertz CT molecular complexity index is 523. The second-order valence-corrected chi connectivity index (χ2v) is 4.25. The van der Waals surface area contributed by atoms with Gasteiger partial charge in [0.05, 0.1) is 12.2 Å². The Morgan fingerprint density at radius 1 is 1.00 bits per heavy atom. The first kappa shape index (κ1) is 12.7. The summed E-state index contributed by atoms with van der Waals surface area (Å²) < 4.78 is 5.19. The highest BCUT2D eigenvalue weighted by Crippen LogP contribution is 2.15. The molecule has 0 bridgehead atoms. The van der Waals surface area contributed by atoms with Crippen LogP contribution in [0.3, 0.4) is 0 Å². The van der Waals surface area contributed by atoms with Crippen molar-refractivity contribution in [1.82, 2.24) is 0 Å². The third-order valence-electron chi connectivity index (χ3n) is 2.57. The van der Waals surface area contributed by atoms with Gasteiger partial charge in [0, 0.05) is 11.4 Å². The van der Waals surface area contributed by atoms with Gasteiger partial charge in [-0.15, -0.1) is 0 Å². The molecule has 2 nitrogen and oxygen atoms in total. The number of benzene rings is 2. The van der Waals surface area contributed by atoms with Gasteiger partial charge in [-0.1, -0.05) is 48.0 Å². The summed E-state index contributed by atoms with van der Waals surface area (Å²) in [7, 11) is 0. The van der Waals surface area contributed by atoms with Crippen LogP contribution in [0.1, 0.15) is 15.9 Å². The van der Waals surface area contributed by atoms with Crippen molar-refractivity contribution in [2.45, 2.75) is 6.42 Å². The van der Waals surface area contributed by atoms with Gasteiger partial charge in [0.2, 0.25) is 0 Å². The highest BCUT2D eigenvalue weighted by Gasteiger charge is 2.06. The van der Waals surface area contributed by atoms with Crippen molar-refractivity contribution in [3.63, 3.8) is 0 Å². The van der Waals surface area contributed by atoms with E-state index in [1.807, 2.05) is 42.5 Å². The quantitative estimate of drug-likeness (QED) is 0.783. The molecule has 0 heterocycles. The molecule has 0 saturated heterocycles. The van der Waals surface area contributed by atoms with Crippen molar-refractivity contribution in [2.24, 2.45) is 0 Å². The van der Waals surface area contributed by atoms with Crippen LogP contribution in [-0.4, -0.2) is 12.6 Å². The predicted octanol–water partition coefficient (Wildman–Crippen LogP) is 3.74. The number of hydrogen-bond acceptors (Lipinski definition) is 2. The largest absolute Gasteiger partial charge is 0.462 e. The first-order valence-corrected chi connectivity index (χ1v) is 6.11. The number of halogens is 1. The van der Waals surface area contributed by atoms with Gasteiger partial charge in [0.15, 0.2) is 0 Å². The molecule has 3 heteroatoms. The van der Waals surface area contributed by atoms with E-state index in [0.717, 1.165) is 5.56 Å². The molecule has 92 valence electrons. The Kier molecular flexibility index (Phi) is 4.37. The SMILES string of the molecule is O=C(OCCc1ccccc1Cl)c1ccccc1. The third-order valence-corrected chi connectivity index (χ3v) is 2.94. The van der Waals surface area contributed by atoms with Gasteiger partial charge in [0.25, 0.3) is 0 Å². The molecule has 2 aromatic rings. The van der Waals surface area contributed by atoms with Crippen LogP contribution in [0.2, 0.25) is 5.02 Å². The van der Waals surface area contributed by atoms with Crippen LogP contribution in [-0.2, 0) is 11.2 Å². The maximum atomic E-state index is 11.7. The minimum absolute atomic E-state index is 0.303. The van der Waals surface area contributed by atoms with Crippen molar-refractivity contribution in [1.29, 1.82) is 0 Å². The summed E-state index contributed by atoms with van der Waals surface area (Å²) in [6.45, 7) is 0.331. The van der Waals surface area contributed by atoms with Gasteiger partial charge in [-0.05, 0) is 23.8 Å². The first-order chi connectivity index (χ1) is 8.77. The van der Waals surface area contributed by atoms with Crippen molar-refractivity contribution in [3.8, 4) is 0 Å². The van der Waals surface area contributed by atoms with Gasteiger partial charge in [-0.3, -0.25) is 0 Å². The molecule has 0 aliphatic heterocycles. The van der Waals surface area contributed by atoms with Gasteiger partial charge in [0.1, 0.15) is 0 Å². The van der Waals surface area contributed by atoms with Gasteiger partial charge in [-0.2, -0.15) is 0 Å². The van der Waals surface area contributed by atoms with E-state index in [4.69, 9.17) is 16.3 Å². The molecule has 0 aromatic heterocycles. The zero-order chi connectivity index (χ0) is 12.8. The van der Waals surface area contributed by atoms with E-state index in [2.05, 4.69) is 0 Å². The van der Waals surface area contributed by atoms with Crippen LogP contribution in [0.5, 0.6) is 0 Å². The topological polar surface area (TPSA) is 26.3 Å². The van der Waals surface area contributed by atoms with E-state index in [-0.39, 0.29) is 5.97 Å². The Labute approximate surface area is 111 Å². The predicted molar refractivity (Wildman–Crippen MR) is 71.9 cm³/mol. The molecule has 0 unspecified atom stereocenters. The summed E-state index contributed by atoms with van der Waals surface area (Å²) in [6.07, 6.45) is 0.623. The monoisotopic (exact) mass is 260 g/mol. The molecule has 0 saturated carbocycles. The molecule has 0 aliphatic carbocycles. The van der Waals surface area contributed by atoms with Crippen LogP contribution < -0.4 is 0 Å². The highest BCUT2D eigenvalue weighted by atomic mass is 35.5. The van der Waals surface area contributed by atoms with Crippen molar-refractivity contribution in [2.75, 3.05) is 6.61 Å². The number of carbonyl (C=O) groups is 1. The fourth-order valence-electron chi connectivity index (χ4n) is 1.61. The van der Waals surface area contributed by atoms with Gasteiger partial charge in [-0.25, -0.2) is 4.79 Å². The number of rotatable bonds is 4. The molecule has 0 N–H and O–H groups in total.